The summed E-state index contributed by atoms with van der Waals surface area (Å²) in [6.45, 7) is 0. The van der Waals surface area contributed by atoms with E-state index in [9.17, 15) is 9.59 Å². The van der Waals surface area contributed by atoms with Gasteiger partial charge in [0.2, 0.25) is 5.91 Å². The number of anilines is 1. The number of benzene rings is 1. The molecule has 1 aromatic carbocycles. The van der Waals surface area contributed by atoms with Gasteiger partial charge >= 0.3 is 5.97 Å². The predicted molar refractivity (Wildman–Crippen MR) is 65.9 cm³/mol. The lowest BCUT2D eigenvalue weighted by Crippen LogP contribution is -2.05. The number of hydrogen-bond donors (Lipinski definition) is 2. The van der Waals surface area contributed by atoms with Crippen LogP contribution in [-0.4, -0.2) is 24.1 Å². The maximum atomic E-state index is 11.4. The molecule has 5 heteroatoms. The van der Waals surface area contributed by atoms with Crippen molar-refractivity contribution in [2.45, 2.75) is 25.7 Å². The number of carbonyl (C=O) groups excluding carboxylic acids is 1. The molecule has 1 aliphatic rings. The van der Waals surface area contributed by atoms with Gasteiger partial charge in [0.25, 0.3) is 0 Å². The molecular formula is C13H15NO4. The van der Waals surface area contributed by atoms with Gasteiger partial charge in [-0.15, -0.1) is 0 Å². The Morgan fingerprint density at radius 2 is 2.28 bits per heavy atom. The third kappa shape index (κ3) is 2.61. The summed E-state index contributed by atoms with van der Waals surface area (Å²) in [5, 5.41) is 11.4. The van der Waals surface area contributed by atoms with Gasteiger partial charge in [-0.05, 0) is 36.1 Å². The molecule has 96 valence electrons. The number of carbonyl (C=O) groups is 2. The number of ether oxygens (including phenoxy) is 1. The highest BCUT2D eigenvalue weighted by Crippen LogP contribution is 2.32. The van der Waals surface area contributed by atoms with Crippen LogP contribution in [0.3, 0.4) is 0 Å². The lowest BCUT2D eigenvalue weighted by Gasteiger charge is -2.10. The topological polar surface area (TPSA) is 75.6 Å². The second-order valence-electron chi connectivity index (χ2n) is 4.29. The van der Waals surface area contributed by atoms with Gasteiger partial charge in [-0.3, -0.25) is 9.59 Å². The monoisotopic (exact) mass is 249 g/mol. The van der Waals surface area contributed by atoms with Crippen LogP contribution < -0.4 is 10.1 Å². The number of rotatable bonds is 5. The van der Waals surface area contributed by atoms with Crippen molar-refractivity contribution in [3.8, 4) is 5.75 Å². The van der Waals surface area contributed by atoms with Crippen LogP contribution in [0.15, 0.2) is 12.1 Å². The molecule has 2 rings (SSSR count). The Labute approximate surface area is 105 Å². The minimum absolute atomic E-state index is 0.0299. The highest BCUT2D eigenvalue weighted by molar-refractivity contribution is 6.00. The van der Waals surface area contributed by atoms with Gasteiger partial charge in [0.1, 0.15) is 5.75 Å². The molecule has 0 spiro atoms. The SMILES string of the molecule is COc1cc(CCCC(=O)O)c2c(c1)CC(=O)N2. The second kappa shape index (κ2) is 5.08. The van der Waals surface area contributed by atoms with Crippen LogP contribution in [0.2, 0.25) is 0 Å². The highest BCUT2D eigenvalue weighted by Gasteiger charge is 2.21. The van der Waals surface area contributed by atoms with Crippen molar-refractivity contribution < 1.29 is 19.4 Å². The molecule has 0 radical (unpaired) electrons. The summed E-state index contributed by atoms with van der Waals surface area (Å²) in [4.78, 5) is 21.9. The number of carboxylic acids is 1. The number of carboxylic acid groups (broad SMARTS) is 1. The van der Waals surface area contributed by atoms with Gasteiger partial charge in [-0.2, -0.15) is 0 Å². The summed E-state index contributed by atoms with van der Waals surface area (Å²) >= 11 is 0. The largest absolute Gasteiger partial charge is 0.497 e. The Morgan fingerprint density at radius 1 is 1.50 bits per heavy atom. The lowest BCUT2D eigenvalue weighted by molar-refractivity contribution is -0.137. The first-order chi connectivity index (χ1) is 8.60. The van der Waals surface area contributed by atoms with Gasteiger partial charge in [0, 0.05) is 12.1 Å². The average molecular weight is 249 g/mol. The van der Waals surface area contributed by atoms with E-state index in [-0.39, 0.29) is 12.3 Å². The zero-order chi connectivity index (χ0) is 13.1. The molecule has 0 unspecified atom stereocenters. The van der Waals surface area contributed by atoms with Crippen LogP contribution in [0, 0.1) is 0 Å². The Morgan fingerprint density at radius 3 is 2.94 bits per heavy atom. The molecule has 0 atom stereocenters. The standard InChI is InChI=1S/C13H15NO4/c1-18-10-5-8(3-2-4-12(16)17)13-9(6-10)7-11(15)14-13/h5-6H,2-4,7H2,1H3,(H,14,15)(H,16,17). The zero-order valence-corrected chi connectivity index (χ0v) is 10.2. The lowest BCUT2D eigenvalue weighted by atomic mass is 10.0. The Bertz CT molecular complexity index is 496. The third-order valence-corrected chi connectivity index (χ3v) is 2.96. The minimum atomic E-state index is -0.807. The predicted octanol–water partition coefficient (Wildman–Crippen LogP) is 1.60. The maximum Gasteiger partial charge on any atom is 0.303 e. The molecular weight excluding hydrogens is 234 g/mol. The fourth-order valence-electron chi connectivity index (χ4n) is 2.14. The smallest absolute Gasteiger partial charge is 0.303 e. The fourth-order valence-corrected chi connectivity index (χ4v) is 2.14. The van der Waals surface area contributed by atoms with Crippen molar-refractivity contribution in [2.24, 2.45) is 0 Å². The van der Waals surface area contributed by atoms with Gasteiger partial charge in [0.05, 0.1) is 13.5 Å². The molecule has 1 heterocycles. The van der Waals surface area contributed by atoms with Crippen molar-refractivity contribution in [2.75, 3.05) is 12.4 Å². The van der Waals surface area contributed by atoms with Crippen molar-refractivity contribution in [1.82, 2.24) is 0 Å². The van der Waals surface area contributed by atoms with E-state index in [1.165, 1.54) is 0 Å². The van der Waals surface area contributed by atoms with Gasteiger partial charge in [-0.25, -0.2) is 0 Å². The summed E-state index contributed by atoms with van der Waals surface area (Å²) < 4.78 is 5.19. The number of aliphatic carboxylic acids is 1. The van der Waals surface area contributed by atoms with E-state index in [0.29, 0.717) is 25.0 Å². The van der Waals surface area contributed by atoms with E-state index in [0.717, 1.165) is 16.8 Å². The molecule has 0 bridgehead atoms. The summed E-state index contributed by atoms with van der Waals surface area (Å²) in [5.41, 5.74) is 2.69. The van der Waals surface area contributed by atoms with E-state index in [2.05, 4.69) is 5.32 Å². The van der Waals surface area contributed by atoms with E-state index in [1.807, 2.05) is 12.1 Å². The van der Waals surface area contributed by atoms with Crippen LogP contribution in [-0.2, 0) is 22.4 Å². The number of amides is 1. The highest BCUT2D eigenvalue weighted by atomic mass is 16.5. The molecule has 0 saturated carbocycles. The molecule has 2 N–H and O–H groups in total. The first kappa shape index (κ1) is 12.4. The molecule has 0 fully saturated rings. The Kier molecular flexibility index (Phi) is 3.50. The van der Waals surface area contributed by atoms with E-state index < -0.39 is 5.97 Å². The molecule has 18 heavy (non-hydrogen) atoms. The van der Waals surface area contributed by atoms with Gasteiger partial charge in [-0.1, -0.05) is 0 Å². The normalized spacial score (nSPS) is 13.1. The molecule has 0 aromatic heterocycles. The van der Waals surface area contributed by atoms with E-state index >= 15 is 0 Å². The van der Waals surface area contributed by atoms with Crippen molar-refractivity contribution in [1.29, 1.82) is 0 Å². The quantitative estimate of drug-likeness (QED) is 0.831. The molecule has 0 aliphatic carbocycles. The van der Waals surface area contributed by atoms with Crippen LogP contribution in [0.1, 0.15) is 24.0 Å². The Balaban J connectivity index is 2.20. The van der Waals surface area contributed by atoms with Crippen LogP contribution >= 0.6 is 0 Å². The number of aryl methyl sites for hydroxylation is 1. The number of fused-ring (bicyclic) bond motifs is 1. The first-order valence-corrected chi connectivity index (χ1v) is 5.81. The van der Waals surface area contributed by atoms with Gasteiger partial charge < -0.3 is 15.2 Å². The van der Waals surface area contributed by atoms with E-state index in [4.69, 9.17) is 9.84 Å². The van der Waals surface area contributed by atoms with Gasteiger partial charge in [0.15, 0.2) is 0 Å². The molecule has 5 nitrogen and oxygen atoms in total. The average Bonchev–Trinajstić information content (AvgIpc) is 2.68. The molecule has 1 aromatic rings. The second-order valence-corrected chi connectivity index (χ2v) is 4.29. The number of methoxy groups -OCH3 is 1. The summed E-state index contributed by atoms with van der Waals surface area (Å²) in [5.74, 6) is -0.133. The van der Waals surface area contributed by atoms with Crippen LogP contribution in [0.5, 0.6) is 5.75 Å². The Hall–Kier alpha value is -2.04. The maximum absolute atomic E-state index is 11.4. The van der Waals surface area contributed by atoms with Crippen LogP contribution in [0.4, 0.5) is 5.69 Å². The molecule has 1 amide bonds. The van der Waals surface area contributed by atoms with E-state index in [1.54, 1.807) is 7.11 Å². The zero-order valence-electron chi connectivity index (χ0n) is 10.2. The summed E-state index contributed by atoms with van der Waals surface area (Å²) in [6, 6.07) is 3.69. The van der Waals surface area contributed by atoms with Crippen molar-refractivity contribution in [3.63, 3.8) is 0 Å². The number of hydrogen-bond acceptors (Lipinski definition) is 3. The minimum Gasteiger partial charge on any atom is -0.497 e. The van der Waals surface area contributed by atoms with Crippen molar-refractivity contribution >= 4 is 17.6 Å². The fraction of sp³-hybridized carbons (Fsp3) is 0.385. The summed E-state index contributed by atoms with van der Waals surface area (Å²) in [7, 11) is 1.58. The van der Waals surface area contributed by atoms with Crippen molar-refractivity contribution in [3.05, 3.63) is 23.3 Å². The third-order valence-electron chi connectivity index (χ3n) is 2.96. The molecule has 0 saturated heterocycles. The van der Waals surface area contributed by atoms with Crippen LogP contribution in [0.25, 0.3) is 0 Å². The number of nitrogens with one attached hydrogen (secondary N) is 1. The summed E-state index contributed by atoms with van der Waals surface area (Å²) in [6.07, 6.45) is 1.65. The first-order valence-electron chi connectivity index (χ1n) is 5.81. The molecule has 1 aliphatic heterocycles.